The van der Waals surface area contributed by atoms with E-state index in [2.05, 4.69) is 9.97 Å². The fraction of sp³-hybridized carbons (Fsp3) is 0. The molecule has 0 saturated carbocycles. The van der Waals surface area contributed by atoms with Crippen molar-refractivity contribution in [3.05, 3.63) is 80.0 Å². The van der Waals surface area contributed by atoms with Gasteiger partial charge in [0.05, 0.1) is 27.6 Å². The Bertz CT molecular complexity index is 1420. The molecule has 5 N–H and O–H groups in total. The molecule has 3 aromatic carbocycles. The second-order valence-electron chi connectivity index (χ2n) is 6.22. The van der Waals surface area contributed by atoms with Gasteiger partial charge in [-0.3, -0.25) is 19.4 Å². The third kappa shape index (κ3) is 2.47. The summed E-state index contributed by atoms with van der Waals surface area (Å²) in [6.07, 6.45) is 0.463. The number of rotatable bonds is 3. The number of aromatic nitrogens is 2. The molecule has 4 rings (SSSR count). The quantitative estimate of drug-likeness (QED) is 0.243. The standard InChI is InChI=1S/C20H13N3O5/c21-13-5-6-14-16(19(27)23-20(28)22-14)15(13)18(26)11-7-9-3-1-2-4-10(9)12(8-24)17(11)25/h1-8,25H,21H2,(H2,22,23,27,28). The van der Waals surface area contributed by atoms with Crippen LogP contribution in [-0.2, 0) is 0 Å². The highest BCUT2D eigenvalue weighted by Gasteiger charge is 2.24. The summed E-state index contributed by atoms with van der Waals surface area (Å²) in [5.41, 5.74) is 4.18. The molecule has 0 saturated heterocycles. The Morgan fingerprint density at radius 3 is 2.57 bits per heavy atom. The highest BCUT2D eigenvalue weighted by atomic mass is 16.3. The maximum atomic E-state index is 13.3. The smallest absolute Gasteiger partial charge is 0.326 e. The van der Waals surface area contributed by atoms with Gasteiger partial charge in [-0.25, -0.2) is 4.79 Å². The third-order valence-electron chi connectivity index (χ3n) is 4.59. The molecule has 0 bridgehead atoms. The van der Waals surface area contributed by atoms with Crippen molar-refractivity contribution >= 4 is 39.4 Å². The number of H-pyrrole nitrogens is 2. The van der Waals surface area contributed by atoms with E-state index < -0.39 is 22.8 Å². The van der Waals surface area contributed by atoms with Crippen molar-refractivity contribution in [3.63, 3.8) is 0 Å². The molecule has 0 radical (unpaired) electrons. The molecule has 138 valence electrons. The van der Waals surface area contributed by atoms with Crippen LogP contribution in [0.3, 0.4) is 0 Å². The van der Waals surface area contributed by atoms with Gasteiger partial charge < -0.3 is 15.8 Å². The SMILES string of the molecule is Nc1ccc2[nH]c(=O)[nH]c(=O)c2c1C(=O)c1cc2ccccc2c(C=O)c1O. The van der Waals surface area contributed by atoms with Crippen LogP contribution in [-0.4, -0.2) is 27.1 Å². The number of hydrogen-bond acceptors (Lipinski definition) is 6. The van der Waals surface area contributed by atoms with E-state index in [9.17, 15) is 24.3 Å². The lowest BCUT2D eigenvalue weighted by atomic mass is 9.93. The van der Waals surface area contributed by atoms with Crippen molar-refractivity contribution in [2.75, 3.05) is 5.73 Å². The summed E-state index contributed by atoms with van der Waals surface area (Å²) in [5.74, 6) is -1.25. The van der Waals surface area contributed by atoms with Gasteiger partial charge in [-0.1, -0.05) is 24.3 Å². The van der Waals surface area contributed by atoms with Crippen molar-refractivity contribution < 1.29 is 14.7 Å². The van der Waals surface area contributed by atoms with Gasteiger partial charge in [-0.05, 0) is 29.0 Å². The molecule has 0 atom stereocenters. The van der Waals surface area contributed by atoms with E-state index in [1.54, 1.807) is 24.3 Å². The number of ketones is 1. The summed E-state index contributed by atoms with van der Waals surface area (Å²) in [7, 11) is 0. The molecule has 0 fully saturated rings. The van der Waals surface area contributed by atoms with Crippen molar-refractivity contribution in [3.8, 4) is 5.75 Å². The molecule has 0 aliphatic rings. The van der Waals surface area contributed by atoms with Gasteiger partial charge >= 0.3 is 5.69 Å². The predicted octanol–water partition coefficient (Wildman–Crippen LogP) is 1.70. The minimum Gasteiger partial charge on any atom is -0.506 e. The first-order valence-corrected chi connectivity index (χ1v) is 8.21. The summed E-state index contributed by atoms with van der Waals surface area (Å²) in [5, 5.41) is 11.5. The number of benzene rings is 3. The van der Waals surface area contributed by atoms with Gasteiger partial charge in [0.1, 0.15) is 5.75 Å². The first-order valence-electron chi connectivity index (χ1n) is 8.21. The third-order valence-corrected chi connectivity index (χ3v) is 4.59. The zero-order valence-electron chi connectivity index (χ0n) is 14.3. The number of hydrogen-bond donors (Lipinski definition) is 4. The number of nitrogen functional groups attached to an aromatic ring is 1. The maximum absolute atomic E-state index is 13.3. The number of carbonyl (C=O) groups is 2. The largest absolute Gasteiger partial charge is 0.506 e. The minimum atomic E-state index is -0.787. The minimum absolute atomic E-state index is 0.00439. The fourth-order valence-corrected chi connectivity index (χ4v) is 3.31. The topological polar surface area (TPSA) is 146 Å². The number of nitrogens with two attached hydrogens (primary N) is 1. The number of phenols is 1. The van der Waals surface area contributed by atoms with Crippen LogP contribution in [0, 0.1) is 0 Å². The summed E-state index contributed by atoms with van der Waals surface area (Å²) < 4.78 is 0. The van der Waals surface area contributed by atoms with Crippen molar-refractivity contribution in [1.29, 1.82) is 0 Å². The first-order chi connectivity index (χ1) is 13.4. The number of aromatic hydroxyl groups is 1. The number of aromatic amines is 2. The lowest BCUT2D eigenvalue weighted by molar-refractivity contribution is 0.103. The van der Waals surface area contributed by atoms with Gasteiger partial charge in [-0.2, -0.15) is 0 Å². The van der Waals surface area contributed by atoms with Crippen LogP contribution in [0.5, 0.6) is 5.75 Å². The van der Waals surface area contributed by atoms with Crippen LogP contribution >= 0.6 is 0 Å². The van der Waals surface area contributed by atoms with Crippen LogP contribution in [0.1, 0.15) is 26.3 Å². The summed E-state index contributed by atoms with van der Waals surface area (Å²) in [4.78, 5) is 53.1. The van der Waals surface area contributed by atoms with Gasteiger partial charge in [0.15, 0.2) is 12.1 Å². The Kier molecular flexibility index (Phi) is 3.82. The molecule has 1 aromatic heterocycles. The highest BCUT2D eigenvalue weighted by Crippen LogP contribution is 2.33. The summed E-state index contributed by atoms with van der Waals surface area (Å²) in [6.45, 7) is 0. The maximum Gasteiger partial charge on any atom is 0.326 e. The van der Waals surface area contributed by atoms with Crippen molar-refractivity contribution in [2.45, 2.75) is 0 Å². The van der Waals surface area contributed by atoms with Gasteiger partial charge in [0, 0.05) is 5.69 Å². The molecule has 1 heterocycles. The van der Waals surface area contributed by atoms with E-state index in [1.165, 1.54) is 18.2 Å². The zero-order valence-corrected chi connectivity index (χ0v) is 14.3. The van der Waals surface area contributed by atoms with Crippen LogP contribution in [0.4, 0.5) is 5.69 Å². The molecule has 28 heavy (non-hydrogen) atoms. The molecule has 0 aliphatic carbocycles. The lowest BCUT2D eigenvalue weighted by Crippen LogP contribution is -2.24. The van der Waals surface area contributed by atoms with Crippen molar-refractivity contribution in [2.24, 2.45) is 0 Å². The van der Waals surface area contributed by atoms with E-state index in [4.69, 9.17) is 5.73 Å². The molecule has 8 heteroatoms. The van der Waals surface area contributed by atoms with E-state index in [1.807, 2.05) is 0 Å². The van der Waals surface area contributed by atoms with Crippen LogP contribution in [0.2, 0.25) is 0 Å². The number of aldehydes is 1. The number of anilines is 1. The van der Waals surface area contributed by atoms with E-state index in [0.717, 1.165) is 0 Å². The number of phenolic OH excluding ortho intramolecular Hbond substituents is 1. The number of fused-ring (bicyclic) bond motifs is 2. The van der Waals surface area contributed by atoms with Crippen LogP contribution in [0.15, 0.2) is 52.1 Å². The highest BCUT2D eigenvalue weighted by molar-refractivity contribution is 6.22. The average Bonchev–Trinajstić information content (AvgIpc) is 2.67. The number of nitrogens with one attached hydrogen (secondary N) is 2. The Morgan fingerprint density at radius 1 is 1.07 bits per heavy atom. The molecule has 0 aliphatic heterocycles. The van der Waals surface area contributed by atoms with Crippen molar-refractivity contribution in [1.82, 2.24) is 9.97 Å². The van der Waals surface area contributed by atoms with Gasteiger partial charge in [0.25, 0.3) is 5.56 Å². The summed E-state index contributed by atoms with van der Waals surface area (Å²) >= 11 is 0. The number of carbonyl (C=O) groups excluding carboxylic acids is 2. The summed E-state index contributed by atoms with van der Waals surface area (Å²) in [6, 6.07) is 11.0. The zero-order chi connectivity index (χ0) is 20.0. The van der Waals surface area contributed by atoms with E-state index in [0.29, 0.717) is 17.1 Å². The second-order valence-corrected chi connectivity index (χ2v) is 6.22. The second kappa shape index (κ2) is 6.20. The molecule has 0 amide bonds. The van der Waals surface area contributed by atoms with Crippen LogP contribution < -0.4 is 17.0 Å². The normalized spacial score (nSPS) is 11.0. The monoisotopic (exact) mass is 375 g/mol. The Hall–Kier alpha value is -4.20. The van der Waals surface area contributed by atoms with Gasteiger partial charge in [0.2, 0.25) is 0 Å². The Balaban J connectivity index is 2.08. The Morgan fingerprint density at radius 2 is 1.82 bits per heavy atom. The molecule has 0 spiro atoms. The lowest BCUT2D eigenvalue weighted by Gasteiger charge is -2.12. The fourth-order valence-electron chi connectivity index (χ4n) is 3.31. The molecule has 4 aromatic rings. The first kappa shape index (κ1) is 17.2. The molecular formula is C20H13N3O5. The molecule has 0 unspecified atom stereocenters. The van der Waals surface area contributed by atoms with E-state index >= 15 is 0 Å². The predicted molar refractivity (Wildman–Crippen MR) is 104 cm³/mol. The Labute approximate surface area is 156 Å². The molecular weight excluding hydrogens is 362 g/mol. The molecule has 8 nitrogen and oxygen atoms in total. The average molecular weight is 375 g/mol. The van der Waals surface area contributed by atoms with Gasteiger partial charge in [-0.15, -0.1) is 0 Å². The van der Waals surface area contributed by atoms with Crippen LogP contribution in [0.25, 0.3) is 21.7 Å². The van der Waals surface area contributed by atoms with E-state index in [-0.39, 0.29) is 33.3 Å².